The van der Waals surface area contributed by atoms with E-state index >= 15 is 0 Å². The Hall–Kier alpha value is -0.670. The SMILES string of the molecule is CCOC(=O)CN(CCOC)S(=O)(=O)c1ccc(Br)cc1Cl. The lowest BCUT2D eigenvalue weighted by atomic mass is 10.4. The van der Waals surface area contributed by atoms with Gasteiger partial charge < -0.3 is 9.47 Å². The van der Waals surface area contributed by atoms with Crippen molar-refractivity contribution in [3.05, 3.63) is 27.7 Å². The van der Waals surface area contributed by atoms with Gasteiger partial charge in [0.15, 0.2) is 0 Å². The van der Waals surface area contributed by atoms with Crippen molar-refractivity contribution >= 4 is 43.5 Å². The van der Waals surface area contributed by atoms with Crippen LogP contribution in [0.4, 0.5) is 0 Å². The minimum absolute atomic E-state index is 0.0179. The molecule has 9 heteroatoms. The van der Waals surface area contributed by atoms with Gasteiger partial charge in [0.05, 0.1) is 18.2 Å². The molecule has 0 aliphatic rings. The van der Waals surface area contributed by atoms with Crippen LogP contribution in [-0.2, 0) is 24.3 Å². The van der Waals surface area contributed by atoms with Gasteiger partial charge in [0.2, 0.25) is 10.0 Å². The second kappa shape index (κ2) is 8.83. The van der Waals surface area contributed by atoms with E-state index in [-0.39, 0.29) is 29.7 Å². The summed E-state index contributed by atoms with van der Waals surface area (Å²) < 4.78 is 36.7. The van der Waals surface area contributed by atoms with Crippen molar-refractivity contribution < 1.29 is 22.7 Å². The summed E-state index contributed by atoms with van der Waals surface area (Å²) in [5.41, 5.74) is 0. The number of ether oxygens (including phenoxy) is 2. The van der Waals surface area contributed by atoms with Crippen molar-refractivity contribution in [2.45, 2.75) is 11.8 Å². The van der Waals surface area contributed by atoms with E-state index in [9.17, 15) is 13.2 Å². The third-order valence-electron chi connectivity index (χ3n) is 2.67. The highest BCUT2D eigenvalue weighted by atomic mass is 79.9. The van der Waals surface area contributed by atoms with Crippen LogP contribution in [0.3, 0.4) is 0 Å². The maximum atomic E-state index is 12.7. The van der Waals surface area contributed by atoms with E-state index in [1.54, 1.807) is 13.0 Å². The monoisotopic (exact) mass is 413 g/mol. The molecule has 0 N–H and O–H groups in total. The van der Waals surface area contributed by atoms with E-state index in [1.807, 2.05) is 0 Å². The number of benzene rings is 1. The molecule has 1 aromatic rings. The van der Waals surface area contributed by atoms with Crippen LogP contribution in [0.2, 0.25) is 5.02 Å². The molecule has 0 aliphatic carbocycles. The summed E-state index contributed by atoms with van der Waals surface area (Å²) in [6.07, 6.45) is 0. The van der Waals surface area contributed by atoms with Gasteiger partial charge in [0.1, 0.15) is 11.4 Å². The molecule has 22 heavy (non-hydrogen) atoms. The fourth-order valence-electron chi connectivity index (χ4n) is 1.65. The summed E-state index contributed by atoms with van der Waals surface area (Å²) >= 11 is 9.22. The normalized spacial score (nSPS) is 11.7. The van der Waals surface area contributed by atoms with Crippen LogP contribution >= 0.6 is 27.5 Å². The maximum absolute atomic E-state index is 12.7. The highest BCUT2D eigenvalue weighted by Gasteiger charge is 2.28. The number of sulfonamides is 1. The molecule has 0 saturated heterocycles. The van der Waals surface area contributed by atoms with Gasteiger partial charge in [-0.15, -0.1) is 0 Å². The second-order valence-electron chi connectivity index (χ2n) is 4.21. The number of hydrogen-bond donors (Lipinski definition) is 0. The van der Waals surface area contributed by atoms with Crippen LogP contribution in [0.1, 0.15) is 6.92 Å². The molecule has 0 fully saturated rings. The molecule has 0 bridgehead atoms. The Morgan fingerprint density at radius 2 is 2.09 bits per heavy atom. The topological polar surface area (TPSA) is 72.9 Å². The number of carbonyl (C=O) groups excluding carboxylic acids is 1. The lowest BCUT2D eigenvalue weighted by Crippen LogP contribution is -2.38. The minimum atomic E-state index is -3.93. The van der Waals surface area contributed by atoms with Gasteiger partial charge in [-0.05, 0) is 25.1 Å². The number of esters is 1. The molecule has 0 atom stereocenters. The van der Waals surface area contributed by atoms with E-state index in [2.05, 4.69) is 15.9 Å². The number of rotatable bonds is 8. The van der Waals surface area contributed by atoms with E-state index < -0.39 is 22.5 Å². The highest BCUT2D eigenvalue weighted by molar-refractivity contribution is 9.10. The smallest absolute Gasteiger partial charge is 0.321 e. The molecule has 6 nitrogen and oxygen atoms in total. The van der Waals surface area contributed by atoms with Crippen LogP contribution in [0.15, 0.2) is 27.6 Å². The molecule has 1 rings (SSSR count). The summed E-state index contributed by atoms with van der Waals surface area (Å²) in [7, 11) is -2.49. The lowest BCUT2D eigenvalue weighted by Gasteiger charge is -2.21. The molecule has 1 aromatic carbocycles. The predicted octanol–water partition coefficient (Wildman–Crippen LogP) is 2.30. The first kappa shape index (κ1) is 19.4. The standard InChI is InChI=1S/C13H17BrClNO5S/c1-3-21-13(17)9-16(6-7-20-2)22(18,19)12-5-4-10(14)8-11(12)15/h4-5,8H,3,6-7,9H2,1-2H3. The first-order chi connectivity index (χ1) is 10.3. The molecule has 124 valence electrons. The first-order valence-electron chi connectivity index (χ1n) is 6.42. The number of carbonyl (C=O) groups is 1. The van der Waals surface area contributed by atoms with Crippen molar-refractivity contribution in [1.82, 2.24) is 4.31 Å². The fraction of sp³-hybridized carbons (Fsp3) is 0.462. The number of methoxy groups -OCH3 is 1. The molecule has 0 heterocycles. The van der Waals surface area contributed by atoms with Crippen LogP contribution in [0.25, 0.3) is 0 Å². The van der Waals surface area contributed by atoms with Gasteiger partial charge in [-0.1, -0.05) is 27.5 Å². The fourth-order valence-corrected chi connectivity index (χ4v) is 4.03. The average Bonchev–Trinajstić information content (AvgIpc) is 2.43. The summed E-state index contributed by atoms with van der Waals surface area (Å²) in [5.74, 6) is -0.629. The van der Waals surface area contributed by atoms with Crippen molar-refractivity contribution in [3.63, 3.8) is 0 Å². The van der Waals surface area contributed by atoms with E-state index in [0.717, 1.165) is 4.31 Å². The average molecular weight is 415 g/mol. The van der Waals surface area contributed by atoms with Crippen molar-refractivity contribution in [1.29, 1.82) is 0 Å². The molecule has 0 aromatic heterocycles. The lowest BCUT2D eigenvalue weighted by molar-refractivity contribution is -0.143. The molecule has 0 aliphatic heterocycles. The van der Waals surface area contributed by atoms with Crippen LogP contribution in [0, 0.1) is 0 Å². The van der Waals surface area contributed by atoms with Gasteiger partial charge in [-0.25, -0.2) is 8.42 Å². The van der Waals surface area contributed by atoms with E-state index in [1.165, 1.54) is 19.2 Å². The number of hydrogen-bond acceptors (Lipinski definition) is 5. The Labute approximate surface area is 143 Å². The molecule has 0 saturated carbocycles. The zero-order chi connectivity index (χ0) is 16.8. The van der Waals surface area contributed by atoms with Crippen molar-refractivity contribution in [2.75, 3.05) is 33.4 Å². The Kier molecular flexibility index (Phi) is 7.78. The number of nitrogens with zero attached hydrogens (tertiary/aromatic N) is 1. The Balaban J connectivity index is 3.11. The molecule has 0 amide bonds. The Bertz CT molecular complexity index is 623. The third-order valence-corrected chi connectivity index (χ3v) is 5.49. The highest BCUT2D eigenvalue weighted by Crippen LogP contribution is 2.27. The summed E-state index contributed by atoms with van der Waals surface area (Å²) in [6, 6.07) is 4.43. The van der Waals surface area contributed by atoms with Gasteiger partial charge in [0.25, 0.3) is 0 Å². The molecule has 0 spiro atoms. The quantitative estimate of drug-likeness (QED) is 0.610. The van der Waals surface area contributed by atoms with Crippen molar-refractivity contribution in [2.24, 2.45) is 0 Å². The second-order valence-corrected chi connectivity index (χ2v) is 7.44. The molecule has 0 unspecified atom stereocenters. The number of halogens is 2. The Morgan fingerprint density at radius 3 is 2.64 bits per heavy atom. The van der Waals surface area contributed by atoms with E-state index in [4.69, 9.17) is 21.1 Å². The van der Waals surface area contributed by atoms with Gasteiger partial charge in [-0.3, -0.25) is 4.79 Å². The van der Waals surface area contributed by atoms with Crippen LogP contribution < -0.4 is 0 Å². The minimum Gasteiger partial charge on any atom is -0.465 e. The van der Waals surface area contributed by atoms with Gasteiger partial charge in [0, 0.05) is 18.1 Å². The van der Waals surface area contributed by atoms with Crippen molar-refractivity contribution in [3.8, 4) is 0 Å². The zero-order valence-electron chi connectivity index (χ0n) is 12.2. The summed E-state index contributed by atoms with van der Waals surface area (Å²) in [5, 5.41) is 0.0700. The molecule has 0 radical (unpaired) electrons. The summed E-state index contributed by atoms with van der Waals surface area (Å²) in [4.78, 5) is 11.6. The first-order valence-corrected chi connectivity index (χ1v) is 9.03. The van der Waals surface area contributed by atoms with Gasteiger partial charge >= 0.3 is 5.97 Å². The molecular weight excluding hydrogens is 398 g/mol. The molecular formula is C13H17BrClNO5S. The van der Waals surface area contributed by atoms with Crippen LogP contribution in [-0.4, -0.2) is 52.1 Å². The largest absolute Gasteiger partial charge is 0.465 e. The van der Waals surface area contributed by atoms with Gasteiger partial charge in [-0.2, -0.15) is 4.31 Å². The van der Waals surface area contributed by atoms with E-state index in [0.29, 0.717) is 4.47 Å². The van der Waals surface area contributed by atoms with Crippen LogP contribution in [0.5, 0.6) is 0 Å². The predicted molar refractivity (Wildman–Crippen MR) is 86.4 cm³/mol. The Morgan fingerprint density at radius 1 is 1.41 bits per heavy atom. The maximum Gasteiger partial charge on any atom is 0.321 e. The zero-order valence-corrected chi connectivity index (χ0v) is 15.4. The summed E-state index contributed by atoms with van der Waals surface area (Å²) in [6.45, 7) is 1.59. The third kappa shape index (κ3) is 5.20.